The monoisotopic (exact) mass is 410 g/mol. The molecule has 0 saturated carbocycles. The van der Waals surface area contributed by atoms with Crippen molar-refractivity contribution in [3.8, 4) is 0 Å². The zero-order chi connectivity index (χ0) is 14.7. The van der Waals surface area contributed by atoms with E-state index >= 15 is 0 Å². The molecule has 108 valence electrons. The molecule has 3 aromatic rings. The first-order chi connectivity index (χ1) is 10.3. The van der Waals surface area contributed by atoms with E-state index in [9.17, 15) is 0 Å². The zero-order valence-corrected chi connectivity index (χ0v) is 14.5. The first-order valence-corrected chi connectivity index (χ1v) is 8.74. The lowest BCUT2D eigenvalue weighted by Gasteiger charge is -2.11. The molecule has 2 aromatic heterocycles. The summed E-state index contributed by atoms with van der Waals surface area (Å²) in [5, 5.41) is 9.79. The molecule has 0 atom stereocenters. The number of thiophene rings is 1. The van der Waals surface area contributed by atoms with Crippen LogP contribution >= 0.6 is 33.9 Å². The number of nitrogens with one attached hydrogen (secondary N) is 2. The molecule has 0 aliphatic heterocycles. The van der Waals surface area contributed by atoms with Gasteiger partial charge in [-0.25, -0.2) is 4.98 Å². The van der Waals surface area contributed by atoms with Gasteiger partial charge in [-0.1, -0.05) is 19.1 Å². The number of hydrogen-bond acceptors (Lipinski definition) is 5. The highest BCUT2D eigenvalue weighted by Crippen LogP contribution is 2.30. The van der Waals surface area contributed by atoms with Crippen molar-refractivity contribution < 1.29 is 0 Å². The first-order valence-electron chi connectivity index (χ1n) is 6.78. The van der Waals surface area contributed by atoms with Crippen LogP contribution in [-0.4, -0.2) is 16.5 Å². The molecule has 21 heavy (non-hydrogen) atoms. The first kappa shape index (κ1) is 14.5. The standard InChI is InChI=1S/C15H15IN4S/c1-2-8-17-15-19-13(10-7-9-21-14(10)20-15)18-12-6-4-3-5-11(12)16/h3-7,9H,2,8H2,1H3,(H2,17,18,19,20). The number of aromatic nitrogens is 2. The van der Waals surface area contributed by atoms with Gasteiger partial charge < -0.3 is 10.6 Å². The molecule has 3 rings (SSSR count). The van der Waals surface area contributed by atoms with Crippen molar-refractivity contribution in [3.63, 3.8) is 0 Å². The molecule has 0 amide bonds. The van der Waals surface area contributed by atoms with Crippen LogP contribution in [0.3, 0.4) is 0 Å². The molecule has 6 heteroatoms. The fraction of sp³-hybridized carbons (Fsp3) is 0.200. The van der Waals surface area contributed by atoms with Crippen LogP contribution in [0.1, 0.15) is 13.3 Å². The Labute approximate surface area is 141 Å². The molecule has 0 spiro atoms. The Morgan fingerprint density at radius 3 is 2.86 bits per heavy atom. The zero-order valence-electron chi connectivity index (χ0n) is 11.6. The average Bonchev–Trinajstić information content (AvgIpc) is 2.96. The number of rotatable bonds is 5. The van der Waals surface area contributed by atoms with E-state index in [1.54, 1.807) is 11.3 Å². The van der Waals surface area contributed by atoms with Crippen LogP contribution in [0.4, 0.5) is 17.5 Å². The second-order valence-corrected chi connectivity index (χ2v) is 6.62. The Morgan fingerprint density at radius 2 is 2.05 bits per heavy atom. The number of anilines is 3. The lowest BCUT2D eigenvalue weighted by molar-refractivity contribution is 0.958. The molecule has 0 unspecified atom stereocenters. The van der Waals surface area contributed by atoms with Gasteiger partial charge in [-0.3, -0.25) is 0 Å². The topological polar surface area (TPSA) is 49.8 Å². The van der Waals surface area contributed by atoms with Crippen molar-refractivity contribution in [2.75, 3.05) is 17.2 Å². The van der Waals surface area contributed by atoms with Crippen LogP contribution in [0.2, 0.25) is 0 Å². The van der Waals surface area contributed by atoms with Gasteiger partial charge in [0, 0.05) is 10.1 Å². The molecule has 2 N–H and O–H groups in total. The van der Waals surface area contributed by atoms with Crippen LogP contribution in [-0.2, 0) is 0 Å². The van der Waals surface area contributed by atoms with Gasteiger partial charge in [0.15, 0.2) is 0 Å². The lowest BCUT2D eigenvalue weighted by atomic mass is 10.3. The van der Waals surface area contributed by atoms with Gasteiger partial charge in [0.05, 0.1) is 11.1 Å². The summed E-state index contributed by atoms with van der Waals surface area (Å²) < 4.78 is 1.17. The van der Waals surface area contributed by atoms with Gasteiger partial charge in [-0.05, 0) is 52.6 Å². The minimum atomic E-state index is 0.681. The van der Waals surface area contributed by atoms with Crippen molar-refractivity contribution >= 4 is 61.6 Å². The Hall–Kier alpha value is -1.41. The third-order valence-electron chi connectivity index (χ3n) is 2.99. The molecule has 2 heterocycles. The molecule has 4 nitrogen and oxygen atoms in total. The molecular weight excluding hydrogens is 395 g/mol. The molecule has 0 bridgehead atoms. The summed E-state index contributed by atoms with van der Waals surface area (Å²) >= 11 is 3.95. The third kappa shape index (κ3) is 3.26. The van der Waals surface area contributed by atoms with Gasteiger partial charge in [0.1, 0.15) is 10.6 Å². The Bertz CT molecular complexity index is 756. The minimum Gasteiger partial charge on any atom is -0.354 e. The van der Waals surface area contributed by atoms with Gasteiger partial charge in [-0.15, -0.1) is 11.3 Å². The number of fused-ring (bicyclic) bond motifs is 1. The maximum absolute atomic E-state index is 4.62. The van der Waals surface area contributed by atoms with Crippen LogP contribution in [0.15, 0.2) is 35.7 Å². The predicted octanol–water partition coefficient (Wildman–Crippen LogP) is 4.86. The van der Waals surface area contributed by atoms with E-state index in [1.807, 2.05) is 17.5 Å². The minimum absolute atomic E-state index is 0.681. The van der Waals surface area contributed by atoms with Crippen LogP contribution in [0.5, 0.6) is 0 Å². The number of para-hydroxylation sites is 1. The average molecular weight is 410 g/mol. The third-order valence-corrected chi connectivity index (χ3v) is 4.73. The van der Waals surface area contributed by atoms with E-state index in [1.165, 1.54) is 3.57 Å². The summed E-state index contributed by atoms with van der Waals surface area (Å²) in [6.07, 6.45) is 1.05. The number of benzene rings is 1. The summed E-state index contributed by atoms with van der Waals surface area (Å²) in [5.41, 5.74) is 1.06. The van der Waals surface area contributed by atoms with Crippen molar-refractivity contribution in [2.24, 2.45) is 0 Å². The maximum Gasteiger partial charge on any atom is 0.226 e. The van der Waals surface area contributed by atoms with E-state index in [-0.39, 0.29) is 0 Å². The van der Waals surface area contributed by atoms with Gasteiger partial charge in [0.25, 0.3) is 0 Å². The predicted molar refractivity (Wildman–Crippen MR) is 98.6 cm³/mol. The quantitative estimate of drug-likeness (QED) is 0.590. The maximum atomic E-state index is 4.62. The van der Waals surface area contributed by atoms with Crippen molar-refractivity contribution in [3.05, 3.63) is 39.3 Å². The van der Waals surface area contributed by atoms with Crippen molar-refractivity contribution in [1.82, 2.24) is 9.97 Å². The number of halogens is 1. The Balaban J connectivity index is 2.00. The van der Waals surface area contributed by atoms with E-state index in [0.29, 0.717) is 5.95 Å². The molecule has 0 aliphatic rings. The Morgan fingerprint density at radius 1 is 1.19 bits per heavy atom. The summed E-state index contributed by atoms with van der Waals surface area (Å²) in [4.78, 5) is 10.2. The number of hydrogen-bond donors (Lipinski definition) is 2. The lowest BCUT2D eigenvalue weighted by Crippen LogP contribution is -2.06. The summed E-state index contributed by atoms with van der Waals surface area (Å²) in [6, 6.07) is 10.2. The van der Waals surface area contributed by atoms with Crippen molar-refractivity contribution in [1.29, 1.82) is 0 Å². The Kier molecular flexibility index (Phi) is 4.54. The number of nitrogens with zero attached hydrogens (tertiary/aromatic N) is 2. The second kappa shape index (κ2) is 6.57. The molecule has 0 fully saturated rings. The van der Waals surface area contributed by atoms with E-state index in [4.69, 9.17) is 0 Å². The summed E-state index contributed by atoms with van der Waals surface area (Å²) in [7, 11) is 0. The molecule has 0 saturated heterocycles. The highest BCUT2D eigenvalue weighted by molar-refractivity contribution is 14.1. The van der Waals surface area contributed by atoms with Gasteiger partial charge >= 0.3 is 0 Å². The molecule has 0 radical (unpaired) electrons. The van der Waals surface area contributed by atoms with E-state index in [2.05, 4.69) is 68.3 Å². The van der Waals surface area contributed by atoms with Crippen LogP contribution < -0.4 is 10.6 Å². The highest BCUT2D eigenvalue weighted by atomic mass is 127. The van der Waals surface area contributed by atoms with Crippen LogP contribution in [0, 0.1) is 3.57 Å². The highest BCUT2D eigenvalue weighted by Gasteiger charge is 2.10. The second-order valence-electron chi connectivity index (χ2n) is 4.57. The molecular formula is C15H15IN4S. The molecule has 0 aliphatic carbocycles. The van der Waals surface area contributed by atoms with E-state index < -0.39 is 0 Å². The van der Waals surface area contributed by atoms with Gasteiger partial charge in [-0.2, -0.15) is 4.98 Å². The normalized spacial score (nSPS) is 10.8. The largest absolute Gasteiger partial charge is 0.354 e. The smallest absolute Gasteiger partial charge is 0.226 e. The summed E-state index contributed by atoms with van der Waals surface area (Å²) in [6.45, 7) is 3.00. The fourth-order valence-electron chi connectivity index (χ4n) is 1.96. The summed E-state index contributed by atoms with van der Waals surface area (Å²) in [5.74, 6) is 1.53. The van der Waals surface area contributed by atoms with Crippen LogP contribution in [0.25, 0.3) is 10.2 Å². The van der Waals surface area contributed by atoms with E-state index in [0.717, 1.165) is 34.7 Å². The van der Waals surface area contributed by atoms with Gasteiger partial charge in [0.2, 0.25) is 5.95 Å². The fourth-order valence-corrected chi connectivity index (χ4v) is 3.24. The van der Waals surface area contributed by atoms with Crippen molar-refractivity contribution in [2.45, 2.75) is 13.3 Å². The molecule has 1 aromatic carbocycles. The SMILES string of the molecule is CCCNc1nc(Nc2ccccc2I)c2ccsc2n1.